The summed E-state index contributed by atoms with van der Waals surface area (Å²) in [5, 5.41) is 0. The Labute approximate surface area is 275 Å². The molecule has 18 heteroatoms. The third kappa shape index (κ3) is 18.5. The van der Waals surface area contributed by atoms with Crippen molar-refractivity contribution in [3.05, 3.63) is 65.2 Å². The average molecular weight is 882 g/mol. The zero-order valence-corrected chi connectivity index (χ0v) is 31.1. The fourth-order valence-electron chi connectivity index (χ4n) is 2.93. The second-order valence-corrected chi connectivity index (χ2v) is 15.4. The molecule has 0 saturated carbocycles. The van der Waals surface area contributed by atoms with E-state index >= 15 is 0 Å². The molecular formula is C28H41F6NO8S2W. The van der Waals surface area contributed by atoms with Gasteiger partial charge < -0.3 is 9.47 Å². The number of alkyl halides is 6. The molecule has 0 atom stereocenters. The molecule has 2 rings (SSSR count). The van der Waals surface area contributed by atoms with Crippen LogP contribution in [0.5, 0.6) is 0 Å². The maximum Gasteiger partial charge on any atom is 0.522 e. The third-order valence-corrected chi connectivity index (χ3v) is 10.1. The van der Waals surface area contributed by atoms with Crippen LogP contribution in [-0.2, 0) is 53.0 Å². The average Bonchev–Trinajstić information content (AvgIpc) is 2.91. The first kappa shape index (κ1) is 46.2. The summed E-state index contributed by atoms with van der Waals surface area (Å²) >= 11 is -0.918. The normalized spacial score (nSPS) is 12.1. The first-order chi connectivity index (χ1) is 20.7. The van der Waals surface area contributed by atoms with Gasteiger partial charge in [-0.15, -0.1) is 0 Å². The molecule has 266 valence electrons. The summed E-state index contributed by atoms with van der Waals surface area (Å²) in [7, 11) is -8.38. The van der Waals surface area contributed by atoms with E-state index in [2.05, 4.69) is 104 Å². The minimum atomic E-state index is -5.84. The Kier molecular flexibility index (Phi) is 20.6. The summed E-state index contributed by atoms with van der Waals surface area (Å²) in [5.41, 5.74) is -5.53. The van der Waals surface area contributed by atoms with Crippen molar-refractivity contribution in [2.45, 2.75) is 69.8 Å². The van der Waals surface area contributed by atoms with Gasteiger partial charge in [0.2, 0.25) is 0 Å². The van der Waals surface area contributed by atoms with E-state index in [1.54, 1.807) is 14.2 Å². The zero-order valence-electron chi connectivity index (χ0n) is 26.5. The van der Waals surface area contributed by atoms with Gasteiger partial charge in [0.1, 0.15) is 0 Å². The molecule has 0 heterocycles. The van der Waals surface area contributed by atoms with Gasteiger partial charge in [0.25, 0.3) is 0 Å². The van der Waals surface area contributed by atoms with Gasteiger partial charge in [-0.3, -0.25) is 9.11 Å². The fourth-order valence-corrected chi connectivity index (χ4v) is 5.69. The third-order valence-electron chi connectivity index (χ3n) is 5.43. The maximum absolute atomic E-state index is 10.7. The fraction of sp³-hybridized carbons (Fsp3) is 0.536. The number of rotatable bonds is 8. The van der Waals surface area contributed by atoms with Crippen LogP contribution in [0.4, 0.5) is 32.0 Å². The number of methoxy groups -OCH3 is 2. The number of ether oxygens (including phenoxy) is 2. The van der Waals surface area contributed by atoms with Crippen molar-refractivity contribution >= 4 is 30.3 Å². The van der Waals surface area contributed by atoms with E-state index in [1.807, 2.05) is 0 Å². The van der Waals surface area contributed by atoms with Crippen molar-refractivity contribution in [3.8, 4) is 0 Å². The predicted molar refractivity (Wildman–Crippen MR) is 161 cm³/mol. The van der Waals surface area contributed by atoms with Crippen molar-refractivity contribution in [2.24, 2.45) is 3.50 Å². The standard InChI is InChI=1S/C12H17N.C10H12.C4H10O2.2CHF3O3S.W/c1-8(2)10-6-5-7-11(9(3)4)12(10)13;1-10(2,3)9-7-5-4-6-8-9;1-5-3-4-6-2;2*2-1(3,4)8(5,6)7;/h5-9H,1-4H3;1,4-8H,2-3H3;3-4H2,1-2H3;2*(H,5,6,7);. The first-order valence-electron chi connectivity index (χ1n) is 13.2. The number of hydrogen-bond donors (Lipinski definition) is 2. The van der Waals surface area contributed by atoms with E-state index in [9.17, 15) is 26.3 Å². The molecule has 0 aliphatic carbocycles. The summed E-state index contributed by atoms with van der Waals surface area (Å²) in [5.74, 6) is 1.03. The zero-order chi connectivity index (χ0) is 36.6. The molecular weight excluding hydrogens is 840 g/mol. The Bertz CT molecular complexity index is 1380. The minimum absolute atomic E-state index is 0.0974. The van der Waals surface area contributed by atoms with Crippen molar-refractivity contribution in [3.63, 3.8) is 0 Å². The Hall–Kier alpha value is -1.88. The van der Waals surface area contributed by atoms with E-state index in [0.29, 0.717) is 25.0 Å². The van der Waals surface area contributed by atoms with E-state index in [0.717, 1.165) is 0 Å². The predicted octanol–water partition coefficient (Wildman–Crippen LogP) is 7.68. The topological polar surface area (TPSA) is 140 Å². The van der Waals surface area contributed by atoms with Crippen LogP contribution in [-0.4, -0.2) is 68.8 Å². The SMILES string of the molecule is CC(C)c1cccc(C(C)C)c1[N]=[W]=[CH]C(C)(C)c1ccccc1.COCCOC.O=S(=O)(O)C(F)(F)F.O=S(=O)(O)C(F)(F)F. The van der Waals surface area contributed by atoms with Gasteiger partial charge in [-0.1, -0.05) is 0 Å². The van der Waals surface area contributed by atoms with E-state index < -0.39 is 49.2 Å². The number of nitrogens with zero attached hydrogens (tertiary/aromatic N) is 1. The number of benzene rings is 2. The molecule has 9 nitrogen and oxygen atoms in total. The number of halogens is 6. The second-order valence-electron chi connectivity index (χ2n) is 10.3. The molecule has 2 N–H and O–H groups in total. The molecule has 0 spiro atoms. The molecule has 0 fully saturated rings. The van der Waals surface area contributed by atoms with Gasteiger partial charge in [-0.25, -0.2) is 0 Å². The minimum Gasteiger partial charge on any atom is -0.382 e. The van der Waals surface area contributed by atoms with E-state index in [4.69, 9.17) is 29.4 Å². The maximum atomic E-state index is 10.7. The van der Waals surface area contributed by atoms with Crippen molar-refractivity contribution < 1.29 is 79.7 Å². The van der Waals surface area contributed by atoms with Gasteiger partial charge in [0.05, 0.1) is 13.2 Å². The first-order valence-corrected chi connectivity index (χ1v) is 19.1. The van der Waals surface area contributed by atoms with Gasteiger partial charge >= 0.3 is 187 Å². The monoisotopic (exact) mass is 881 g/mol. The van der Waals surface area contributed by atoms with Crippen LogP contribution in [0.25, 0.3) is 0 Å². The van der Waals surface area contributed by atoms with Crippen molar-refractivity contribution in [1.82, 2.24) is 0 Å². The smallest absolute Gasteiger partial charge is 0.382 e. The molecule has 0 bridgehead atoms. The molecule has 2 aromatic carbocycles. The quantitative estimate of drug-likeness (QED) is 0.119. The molecule has 0 radical (unpaired) electrons. The molecule has 46 heavy (non-hydrogen) atoms. The molecule has 0 aliphatic heterocycles. The Balaban J connectivity index is 0. The molecule has 0 aromatic heterocycles. The summed E-state index contributed by atoms with van der Waals surface area (Å²) in [6.07, 6.45) is 0. The van der Waals surface area contributed by atoms with Crippen LogP contribution >= 0.6 is 0 Å². The molecule has 0 aliphatic rings. The largest absolute Gasteiger partial charge is 0.522 e. The van der Waals surface area contributed by atoms with Gasteiger partial charge in [-0.05, 0) is 0 Å². The van der Waals surface area contributed by atoms with Crippen molar-refractivity contribution in [1.29, 1.82) is 0 Å². The molecule has 0 saturated heterocycles. The van der Waals surface area contributed by atoms with Gasteiger partial charge in [-0.2, -0.15) is 43.2 Å². The van der Waals surface area contributed by atoms with Crippen LogP contribution < -0.4 is 0 Å². The Morgan fingerprint density at radius 3 is 1.37 bits per heavy atom. The molecule has 2 aromatic rings. The Morgan fingerprint density at radius 1 is 0.739 bits per heavy atom. The summed E-state index contributed by atoms with van der Waals surface area (Å²) < 4.78 is 132. The van der Waals surface area contributed by atoms with Crippen LogP contribution in [0.1, 0.15) is 70.1 Å². The van der Waals surface area contributed by atoms with E-state index in [-0.39, 0.29) is 5.41 Å². The molecule has 0 unspecified atom stereocenters. The van der Waals surface area contributed by atoms with E-state index in [1.165, 1.54) is 22.4 Å². The van der Waals surface area contributed by atoms with Crippen molar-refractivity contribution in [2.75, 3.05) is 27.4 Å². The molecule has 0 amide bonds. The summed E-state index contributed by atoms with van der Waals surface area (Å²) in [6.45, 7) is 15.0. The number of hydrogen-bond acceptors (Lipinski definition) is 7. The second kappa shape index (κ2) is 20.5. The summed E-state index contributed by atoms with van der Waals surface area (Å²) in [4.78, 5) is 0. The van der Waals surface area contributed by atoms with Crippen LogP contribution in [0.15, 0.2) is 52.0 Å². The van der Waals surface area contributed by atoms with Crippen LogP contribution in [0.3, 0.4) is 0 Å². The van der Waals surface area contributed by atoms with Crippen LogP contribution in [0, 0.1) is 0 Å². The van der Waals surface area contributed by atoms with Crippen LogP contribution in [0.2, 0.25) is 0 Å². The summed E-state index contributed by atoms with van der Waals surface area (Å²) in [6, 6.07) is 17.4. The van der Waals surface area contributed by atoms with Gasteiger partial charge in [0.15, 0.2) is 0 Å². The van der Waals surface area contributed by atoms with Gasteiger partial charge in [0, 0.05) is 14.2 Å². The Morgan fingerprint density at radius 2 is 1.09 bits per heavy atom.